The molecule has 1 nitrogen and oxygen atoms in total. The van der Waals surface area contributed by atoms with Crippen molar-refractivity contribution >= 4 is 0 Å². The van der Waals surface area contributed by atoms with Crippen molar-refractivity contribution in [3.8, 4) is 0 Å². The molecule has 2 unspecified atom stereocenters. The zero-order valence-corrected chi connectivity index (χ0v) is 7.48. The summed E-state index contributed by atoms with van der Waals surface area (Å²) in [4.78, 5) is 0. The Bertz CT molecular complexity index is 122. The van der Waals surface area contributed by atoms with Crippen LogP contribution < -0.4 is 0 Å². The zero-order chi connectivity index (χ0) is 7.78. The van der Waals surface area contributed by atoms with Gasteiger partial charge < -0.3 is 4.74 Å². The summed E-state index contributed by atoms with van der Waals surface area (Å²) in [5.74, 6) is 0.729. The average molecular weight is 142 g/mol. The molecule has 1 saturated heterocycles. The molecule has 1 aliphatic heterocycles. The summed E-state index contributed by atoms with van der Waals surface area (Å²) in [6.45, 7) is 8.88. The topological polar surface area (TPSA) is 9.23 Å². The van der Waals surface area contributed by atoms with E-state index < -0.39 is 0 Å². The third kappa shape index (κ3) is 1.20. The van der Waals surface area contributed by atoms with Crippen LogP contribution in [0.15, 0.2) is 0 Å². The van der Waals surface area contributed by atoms with Crippen LogP contribution >= 0.6 is 0 Å². The van der Waals surface area contributed by atoms with Crippen molar-refractivity contribution in [2.45, 2.75) is 52.2 Å². The summed E-state index contributed by atoms with van der Waals surface area (Å²) in [5.41, 5.74) is 0.166. The Balaban J connectivity index is 2.61. The molecule has 0 aliphatic carbocycles. The monoisotopic (exact) mass is 142 g/mol. The lowest BCUT2D eigenvalue weighted by atomic mass is 9.88. The van der Waals surface area contributed by atoms with Gasteiger partial charge in [-0.2, -0.15) is 0 Å². The van der Waals surface area contributed by atoms with Gasteiger partial charge in [0.15, 0.2) is 0 Å². The molecular weight excluding hydrogens is 124 g/mol. The molecule has 0 amide bonds. The lowest BCUT2D eigenvalue weighted by molar-refractivity contribution is -0.0382. The summed E-state index contributed by atoms with van der Waals surface area (Å²) in [5, 5.41) is 0. The molecule has 1 aliphatic rings. The van der Waals surface area contributed by atoms with Gasteiger partial charge in [0.2, 0.25) is 0 Å². The highest BCUT2D eigenvalue weighted by Crippen LogP contribution is 2.37. The molecule has 1 heterocycles. The first-order valence-corrected chi connectivity index (χ1v) is 4.26. The summed E-state index contributed by atoms with van der Waals surface area (Å²) < 4.78 is 5.81. The fourth-order valence-electron chi connectivity index (χ4n) is 1.80. The SMILES string of the molecule is CCC1(C)O[C@@H](C)CC1C. The Labute approximate surface area is 63.8 Å². The van der Waals surface area contributed by atoms with Crippen LogP contribution in [0.4, 0.5) is 0 Å². The molecule has 1 rings (SSSR count). The minimum Gasteiger partial charge on any atom is -0.372 e. The van der Waals surface area contributed by atoms with E-state index in [4.69, 9.17) is 4.74 Å². The maximum atomic E-state index is 5.81. The number of ether oxygens (including phenoxy) is 1. The summed E-state index contributed by atoms with van der Waals surface area (Å²) in [6.07, 6.45) is 2.84. The first-order chi connectivity index (χ1) is 4.58. The molecule has 0 aromatic carbocycles. The van der Waals surface area contributed by atoms with E-state index >= 15 is 0 Å². The molecule has 0 radical (unpaired) electrons. The van der Waals surface area contributed by atoms with Crippen molar-refractivity contribution in [2.24, 2.45) is 5.92 Å². The maximum Gasteiger partial charge on any atom is 0.0681 e. The first kappa shape index (κ1) is 8.06. The number of rotatable bonds is 1. The van der Waals surface area contributed by atoms with Crippen LogP contribution in [-0.2, 0) is 4.74 Å². The summed E-state index contributed by atoms with van der Waals surface area (Å²) >= 11 is 0. The normalized spacial score (nSPS) is 48.0. The summed E-state index contributed by atoms with van der Waals surface area (Å²) in [7, 11) is 0. The van der Waals surface area contributed by atoms with Crippen LogP contribution in [0.1, 0.15) is 40.5 Å². The van der Waals surface area contributed by atoms with Crippen molar-refractivity contribution in [1.29, 1.82) is 0 Å². The largest absolute Gasteiger partial charge is 0.372 e. The molecule has 0 spiro atoms. The minimum atomic E-state index is 0.166. The van der Waals surface area contributed by atoms with E-state index in [0.29, 0.717) is 6.10 Å². The van der Waals surface area contributed by atoms with Gasteiger partial charge in [0.05, 0.1) is 11.7 Å². The van der Waals surface area contributed by atoms with E-state index in [0.717, 1.165) is 12.3 Å². The van der Waals surface area contributed by atoms with Gasteiger partial charge in [-0.25, -0.2) is 0 Å². The second-order valence-electron chi connectivity index (χ2n) is 3.73. The van der Waals surface area contributed by atoms with Gasteiger partial charge >= 0.3 is 0 Å². The Morgan fingerprint density at radius 3 is 2.30 bits per heavy atom. The second-order valence-corrected chi connectivity index (χ2v) is 3.73. The van der Waals surface area contributed by atoms with Crippen molar-refractivity contribution in [2.75, 3.05) is 0 Å². The van der Waals surface area contributed by atoms with Crippen LogP contribution in [-0.4, -0.2) is 11.7 Å². The summed E-state index contributed by atoms with van der Waals surface area (Å²) in [6, 6.07) is 0. The quantitative estimate of drug-likeness (QED) is 0.547. The fraction of sp³-hybridized carbons (Fsp3) is 1.00. The van der Waals surface area contributed by atoms with Gasteiger partial charge in [-0.1, -0.05) is 13.8 Å². The lowest BCUT2D eigenvalue weighted by Gasteiger charge is -2.26. The van der Waals surface area contributed by atoms with Crippen molar-refractivity contribution < 1.29 is 4.74 Å². The van der Waals surface area contributed by atoms with E-state index in [1.165, 1.54) is 6.42 Å². The standard InChI is InChI=1S/C9H18O/c1-5-9(4)7(2)6-8(3)10-9/h7-8H,5-6H2,1-4H3/t7?,8-,9?/m0/s1. The van der Waals surface area contributed by atoms with E-state index in [-0.39, 0.29) is 5.60 Å². The van der Waals surface area contributed by atoms with Gasteiger partial charge in [0, 0.05) is 0 Å². The highest BCUT2D eigenvalue weighted by Gasteiger charge is 2.38. The molecule has 1 fully saturated rings. The molecule has 0 aromatic heterocycles. The smallest absolute Gasteiger partial charge is 0.0681 e. The van der Waals surface area contributed by atoms with Crippen LogP contribution in [0.3, 0.4) is 0 Å². The highest BCUT2D eigenvalue weighted by molar-refractivity contribution is 4.87. The Morgan fingerprint density at radius 1 is 1.50 bits per heavy atom. The van der Waals surface area contributed by atoms with Gasteiger partial charge in [-0.05, 0) is 32.6 Å². The number of hydrogen-bond acceptors (Lipinski definition) is 1. The van der Waals surface area contributed by atoms with E-state index in [9.17, 15) is 0 Å². The second kappa shape index (κ2) is 2.54. The zero-order valence-electron chi connectivity index (χ0n) is 7.48. The molecule has 0 aromatic rings. The minimum absolute atomic E-state index is 0.166. The third-order valence-corrected chi connectivity index (χ3v) is 2.90. The third-order valence-electron chi connectivity index (χ3n) is 2.90. The Kier molecular flexibility index (Phi) is 2.04. The van der Waals surface area contributed by atoms with Gasteiger partial charge in [0.25, 0.3) is 0 Å². The van der Waals surface area contributed by atoms with E-state index in [2.05, 4.69) is 27.7 Å². The Morgan fingerprint density at radius 2 is 2.10 bits per heavy atom. The molecule has 60 valence electrons. The van der Waals surface area contributed by atoms with Crippen molar-refractivity contribution in [3.63, 3.8) is 0 Å². The van der Waals surface area contributed by atoms with Crippen LogP contribution in [0, 0.1) is 5.92 Å². The lowest BCUT2D eigenvalue weighted by Crippen LogP contribution is -2.29. The van der Waals surface area contributed by atoms with Gasteiger partial charge in [-0.3, -0.25) is 0 Å². The molecule has 0 saturated carbocycles. The maximum absolute atomic E-state index is 5.81. The van der Waals surface area contributed by atoms with E-state index in [1.807, 2.05) is 0 Å². The van der Waals surface area contributed by atoms with Crippen molar-refractivity contribution in [1.82, 2.24) is 0 Å². The molecule has 0 bridgehead atoms. The molecule has 3 atom stereocenters. The van der Waals surface area contributed by atoms with Gasteiger partial charge in [0.1, 0.15) is 0 Å². The van der Waals surface area contributed by atoms with Crippen LogP contribution in [0.25, 0.3) is 0 Å². The highest BCUT2D eigenvalue weighted by atomic mass is 16.5. The van der Waals surface area contributed by atoms with Gasteiger partial charge in [-0.15, -0.1) is 0 Å². The predicted octanol–water partition coefficient (Wildman–Crippen LogP) is 2.60. The molecule has 1 heteroatoms. The Hall–Kier alpha value is -0.0400. The van der Waals surface area contributed by atoms with Crippen molar-refractivity contribution in [3.05, 3.63) is 0 Å². The first-order valence-electron chi connectivity index (χ1n) is 4.26. The van der Waals surface area contributed by atoms with Crippen LogP contribution in [0.2, 0.25) is 0 Å². The van der Waals surface area contributed by atoms with Crippen LogP contribution in [0.5, 0.6) is 0 Å². The predicted molar refractivity (Wildman–Crippen MR) is 43.0 cm³/mol. The fourth-order valence-corrected chi connectivity index (χ4v) is 1.80. The average Bonchev–Trinajstić information content (AvgIpc) is 2.09. The number of hydrogen-bond donors (Lipinski definition) is 0. The van der Waals surface area contributed by atoms with E-state index in [1.54, 1.807) is 0 Å². The molecule has 10 heavy (non-hydrogen) atoms. The molecule has 0 N–H and O–H groups in total. The molecular formula is C9H18O.